The van der Waals surface area contributed by atoms with Crippen LogP contribution in [-0.4, -0.2) is 34.0 Å². The molecule has 7 rings (SSSR count). The Morgan fingerprint density at radius 2 is 0.612 bits per heavy atom. The summed E-state index contributed by atoms with van der Waals surface area (Å²) in [6.07, 6.45) is 45.0. The molecule has 0 heterocycles. The van der Waals surface area contributed by atoms with Crippen molar-refractivity contribution in [2.24, 2.45) is 0 Å². The summed E-state index contributed by atoms with van der Waals surface area (Å²) >= 11 is 19.8. The third-order valence-electron chi connectivity index (χ3n) is 16.0. The molecule has 0 N–H and O–H groups in total. The summed E-state index contributed by atoms with van der Waals surface area (Å²) in [5, 5.41) is 1.93. The molecule has 0 amide bonds. The second-order valence-electron chi connectivity index (χ2n) is 18.1. The van der Waals surface area contributed by atoms with E-state index in [1.54, 1.807) is 0 Å². The Morgan fingerprint density at radius 3 is 0.837 bits per heavy atom. The SMILES string of the molecule is ClP(C(=Cc1ccccc1)P(Cl)(C1CCCCC1)(C1CCCCC1)C1CCCCC1)(C1CCCCC1)(C1CCCCC1)C1CCCCC1.[Ru+2]. The van der Waals surface area contributed by atoms with Gasteiger partial charge in [0.1, 0.15) is 0 Å². The van der Waals surface area contributed by atoms with Gasteiger partial charge in [0.15, 0.2) is 0 Å². The Balaban J connectivity index is 0.00000417. The minimum atomic E-state index is -3.16. The van der Waals surface area contributed by atoms with Crippen molar-refractivity contribution in [3.8, 4) is 0 Å². The zero-order valence-electron chi connectivity index (χ0n) is 31.1. The Hall–Kier alpha value is 1.02. The summed E-state index contributed by atoms with van der Waals surface area (Å²) in [6.45, 7) is 0. The van der Waals surface area contributed by atoms with Gasteiger partial charge in [-0.3, -0.25) is 0 Å². The molecule has 0 aliphatic heterocycles. The smallest absolute Gasteiger partial charge is 2.00 e. The maximum absolute atomic E-state index is 9.89. The van der Waals surface area contributed by atoms with Crippen molar-refractivity contribution in [1.29, 1.82) is 0 Å². The molecular weight excluding hydrogens is 762 g/mol. The van der Waals surface area contributed by atoms with Crippen LogP contribution in [0.25, 0.3) is 6.08 Å². The van der Waals surface area contributed by atoms with Crippen LogP contribution in [0.5, 0.6) is 0 Å². The van der Waals surface area contributed by atoms with Crippen LogP contribution in [0.1, 0.15) is 198 Å². The van der Waals surface area contributed by atoms with Crippen molar-refractivity contribution < 1.29 is 19.5 Å². The van der Waals surface area contributed by atoms with Crippen molar-refractivity contribution in [3.63, 3.8) is 0 Å². The second-order valence-corrected chi connectivity index (χ2v) is 33.2. The molecular formula is C44H72Cl2P2Ru+2. The van der Waals surface area contributed by atoms with Crippen molar-refractivity contribution in [1.82, 2.24) is 0 Å². The summed E-state index contributed by atoms with van der Waals surface area (Å²) in [4.78, 5) is 0. The molecule has 0 spiro atoms. The summed E-state index contributed by atoms with van der Waals surface area (Å²) in [7, 11) is 0. The fraction of sp³-hybridized carbons (Fsp3) is 0.818. The maximum atomic E-state index is 9.89. The van der Waals surface area contributed by atoms with Gasteiger partial charge in [-0.25, -0.2) is 0 Å². The standard InChI is InChI=1S/C44H72Cl2P2.Ru/c45-47(38-24-10-2-11-25-38,39-26-12-3-13-27-39,40-28-14-4-15-29-40)44(36-37-22-8-1-9-23-37)48(46,41-30-16-5-17-31-41,42-32-18-6-19-33-42)43-34-20-7-21-35-43;/h1,8-9,22-23,36,38-43H,2-7,10-21,24-35H2;/q;+2. The predicted octanol–water partition coefficient (Wildman–Crippen LogP) is 16.4. The van der Waals surface area contributed by atoms with Crippen LogP contribution in [0.3, 0.4) is 0 Å². The van der Waals surface area contributed by atoms with Gasteiger partial charge in [0.05, 0.1) is 0 Å². The van der Waals surface area contributed by atoms with Gasteiger partial charge < -0.3 is 0 Å². The zero-order chi connectivity index (χ0) is 33.0. The largest absolute Gasteiger partial charge is 2.00 e. The fourth-order valence-corrected chi connectivity index (χ4v) is 42.8. The average molecular weight is 835 g/mol. The first-order valence-corrected chi connectivity index (χ1v) is 28.4. The number of halogens is 2. The van der Waals surface area contributed by atoms with Crippen molar-refractivity contribution >= 4 is 40.5 Å². The van der Waals surface area contributed by atoms with Crippen molar-refractivity contribution in [2.45, 2.75) is 227 Å². The normalized spacial score (nSPS) is 27.2. The summed E-state index contributed by atoms with van der Waals surface area (Å²) in [5.74, 6) is -6.32. The van der Waals surface area contributed by atoms with E-state index in [1.165, 1.54) is 198 Å². The maximum Gasteiger partial charge on any atom is 2.00 e. The van der Waals surface area contributed by atoms with E-state index >= 15 is 0 Å². The molecule has 6 aliphatic carbocycles. The van der Waals surface area contributed by atoms with Gasteiger partial charge in [-0.1, -0.05) is 0 Å². The van der Waals surface area contributed by atoms with Gasteiger partial charge in [-0.2, -0.15) is 0 Å². The first-order valence-electron chi connectivity index (χ1n) is 21.7. The molecule has 49 heavy (non-hydrogen) atoms. The fourth-order valence-electron chi connectivity index (χ4n) is 14.0. The van der Waals surface area contributed by atoms with Gasteiger partial charge in [-0.05, 0) is 0 Å². The minimum Gasteiger partial charge on any atom is 2.00 e. The number of rotatable bonds is 9. The van der Waals surface area contributed by atoms with E-state index in [1.807, 2.05) is 5.06 Å². The van der Waals surface area contributed by atoms with E-state index in [2.05, 4.69) is 36.4 Å². The third-order valence-corrected chi connectivity index (χ3v) is 39.6. The molecule has 0 saturated heterocycles. The monoisotopic (exact) mass is 834 g/mol. The molecule has 0 nitrogen and oxygen atoms in total. The molecule has 1 aromatic rings. The van der Waals surface area contributed by atoms with Crippen LogP contribution in [0.2, 0.25) is 0 Å². The van der Waals surface area contributed by atoms with E-state index in [0.717, 1.165) is 0 Å². The van der Waals surface area contributed by atoms with Crippen LogP contribution < -0.4 is 0 Å². The Kier molecular flexibility index (Phi) is 14.0. The Morgan fingerprint density at radius 1 is 0.388 bits per heavy atom. The average Bonchev–Trinajstić information content (AvgIpc) is 3.19. The minimum absolute atomic E-state index is 0. The summed E-state index contributed by atoms with van der Waals surface area (Å²) in [6, 6.07) is 11.8. The van der Waals surface area contributed by atoms with E-state index in [0.29, 0.717) is 34.0 Å². The van der Waals surface area contributed by atoms with Crippen LogP contribution >= 0.6 is 34.4 Å². The van der Waals surface area contributed by atoms with Gasteiger partial charge in [0.25, 0.3) is 0 Å². The summed E-state index contributed by atoms with van der Waals surface area (Å²) < 4.78 is 0. The van der Waals surface area contributed by atoms with Crippen LogP contribution in [0.15, 0.2) is 35.4 Å². The topological polar surface area (TPSA) is 0 Å². The quantitative estimate of drug-likeness (QED) is 0.172. The van der Waals surface area contributed by atoms with E-state index in [9.17, 15) is 22.5 Å². The van der Waals surface area contributed by atoms with Gasteiger partial charge in [0.2, 0.25) is 0 Å². The molecule has 0 radical (unpaired) electrons. The molecule has 1 aromatic carbocycles. The Labute approximate surface area is 325 Å². The van der Waals surface area contributed by atoms with Crippen LogP contribution in [-0.2, 0) is 19.5 Å². The van der Waals surface area contributed by atoms with E-state index in [-0.39, 0.29) is 19.5 Å². The number of hydrogen-bond donors (Lipinski definition) is 0. The van der Waals surface area contributed by atoms with E-state index in [4.69, 9.17) is 0 Å². The predicted molar refractivity (Wildman–Crippen MR) is 221 cm³/mol. The first-order chi connectivity index (χ1) is 23.5. The molecule has 278 valence electrons. The van der Waals surface area contributed by atoms with Crippen molar-refractivity contribution in [2.75, 3.05) is 0 Å². The number of hydrogen-bond acceptors (Lipinski definition) is 0. The molecule has 0 bridgehead atoms. The van der Waals surface area contributed by atoms with Crippen molar-refractivity contribution in [3.05, 3.63) is 41.0 Å². The molecule has 6 aliphatic rings. The molecule has 6 saturated carbocycles. The van der Waals surface area contributed by atoms with Crippen LogP contribution in [0.4, 0.5) is 0 Å². The first kappa shape index (κ1) is 39.7. The van der Waals surface area contributed by atoms with Crippen LogP contribution in [0, 0.1) is 0 Å². The van der Waals surface area contributed by atoms with Gasteiger partial charge in [0, 0.05) is 0 Å². The second kappa shape index (κ2) is 17.2. The van der Waals surface area contributed by atoms with E-state index < -0.39 is 11.9 Å². The molecule has 0 atom stereocenters. The molecule has 6 fully saturated rings. The third kappa shape index (κ3) is 6.94. The molecule has 5 heteroatoms. The summed E-state index contributed by atoms with van der Waals surface area (Å²) in [5.41, 5.74) is 5.63. The molecule has 0 unspecified atom stereocenters. The van der Waals surface area contributed by atoms with Gasteiger partial charge in [-0.15, -0.1) is 0 Å². The molecule has 0 aromatic heterocycles. The Bertz CT molecular complexity index is 1030. The zero-order valence-corrected chi connectivity index (χ0v) is 36.2. The number of benzene rings is 1. The van der Waals surface area contributed by atoms with Gasteiger partial charge >= 0.3 is 327 Å².